The van der Waals surface area contributed by atoms with Crippen LogP contribution in [0.1, 0.15) is 55.6 Å². The van der Waals surface area contributed by atoms with Crippen LogP contribution in [0.5, 0.6) is 0 Å². The molecule has 182 valence electrons. The first-order chi connectivity index (χ1) is 17.0. The van der Waals surface area contributed by atoms with Crippen molar-refractivity contribution in [2.75, 3.05) is 13.2 Å². The molecule has 2 heterocycles. The second kappa shape index (κ2) is 8.40. The van der Waals surface area contributed by atoms with Crippen LogP contribution in [-0.4, -0.2) is 52.7 Å². The number of hydrogen-bond acceptors (Lipinski definition) is 4. The summed E-state index contributed by atoms with van der Waals surface area (Å²) in [5.74, 6) is -0.885. The van der Waals surface area contributed by atoms with Gasteiger partial charge in [-0.1, -0.05) is 55.0 Å². The third-order valence-electron chi connectivity index (χ3n) is 8.56. The molecule has 0 unspecified atom stereocenters. The van der Waals surface area contributed by atoms with Gasteiger partial charge in [0.2, 0.25) is 5.91 Å². The summed E-state index contributed by atoms with van der Waals surface area (Å²) >= 11 is 0. The van der Waals surface area contributed by atoms with E-state index >= 15 is 0 Å². The summed E-state index contributed by atoms with van der Waals surface area (Å²) in [6.45, 7) is 0.803. The molecule has 7 rings (SSSR count). The van der Waals surface area contributed by atoms with Gasteiger partial charge in [0, 0.05) is 24.4 Å². The molecule has 2 atom stereocenters. The van der Waals surface area contributed by atoms with Crippen molar-refractivity contribution in [1.29, 1.82) is 0 Å². The van der Waals surface area contributed by atoms with Crippen molar-refractivity contribution in [2.24, 2.45) is 11.8 Å². The lowest BCUT2D eigenvalue weighted by molar-refractivity contribution is -0.160. The molecular formula is C28H30N2O5. The van der Waals surface area contributed by atoms with Crippen molar-refractivity contribution < 1.29 is 24.2 Å². The minimum atomic E-state index is -0.991. The van der Waals surface area contributed by atoms with Crippen LogP contribution >= 0.6 is 0 Å². The molecule has 2 N–H and O–H groups in total. The Labute approximate surface area is 204 Å². The number of carboxylic acids is 1. The molecule has 0 spiro atoms. The number of carbonyl (C=O) groups is 3. The minimum absolute atomic E-state index is 0.00249. The summed E-state index contributed by atoms with van der Waals surface area (Å²) in [6.07, 6.45) is 3.56. The van der Waals surface area contributed by atoms with E-state index < -0.39 is 17.6 Å². The van der Waals surface area contributed by atoms with Crippen LogP contribution in [0.15, 0.2) is 48.5 Å². The Morgan fingerprint density at radius 2 is 1.66 bits per heavy atom. The normalized spacial score (nSPS) is 28.6. The number of rotatable bonds is 5. The van der Waals surface area contributed by atoms with Crippen LogP contribution < -0.4 is 5.32 Å². The Bertz CT molecular complexity index is 1140. The van der Waals surface area contributed by atoms with E-state index in [0.29, 0.717) is 31.7 Å². The molecule has 2 saturated carbocycles. The molecule has 2 bridgehead atoms. The summed E-state index contributed by atoms with van der Waals surface area (Å²) in [4.78, 5) is 39.4. The third kappa shape index (κ3) is 3.60. The highest BCUT2D eigenvalue weighted by Gasteiger charge is 2.63. The number of aliphatic carboxylic acids is 1. The maximum absolute atomic E-state index is 13.2. The van der Waals surface area contributed by atoms with Crippen LogP contribution in [0.4, 0.5) is 4.79 Å². The molecule has 7 heteroatoms. The van der Waals surface area contributed by atoms with Crippen molar-refractivity contribution in [1.82, 2.24) is 10.2 Å². The number of amides is 2. The van der Waals surface area contributed by atoms with Gasteiger partial charge in [0.05, 0.1) is 0 Å². The Morgan fingerprint density at radius 3 is 2.31 bits per heavy atom. The lowest BCUT2D eigenvalue weighted by Crippen LogP contribution is -2.56. The lowest BCUT2D eigenvalue weighted by atomic mass is 9.73. The molecule has 2 aromatic rings. The maximum Gasteiger partial charge on any atom is 0.407 e. The fourth-order valence-corrected chi connectivity index (χ4v) is 6.84. The van der Waals surface area contributed by atoms with Crippen LogP contribution in [0.2, 0.25) is 0 Å². The van der Waals surface area contributed by atoms with E-state index in [2.05, 4.69) is 29.6 Å². The summed E-state index contributed by atoms with van der Waals surface area (Å²) in [6, 6.07) is 16.3. The molecule has 2 aromatic carbocycles. The Hall–Kier alpha value is -3.35. The summed E-state index contributed by atoms with van der Waals surface area (Å²) in [5.41, 5.74) is 3.71. The summed E-state index contributed by atoms with van der Waals surface area (Å²) in [7, 11) is 0. The molecule has 2 saturated heterocycles. The predicted molar refractivity (Wildman–Crippen MR) is 129 cm³/mol. The highest BCUT2D eigenvalue weighted by atomic mass is 16.5. The molecule has 35 heavy (non-hydrogen) atoms. The van der Waals surface area contributed by atoms with Crippen molar-refractivity contribution in [3.63, 3.8) is 0 Å². The first-order valence-corrected chi connectivity index (χ1v) is 12.6. The van der Waals surface area contributed by atoms with Crippen LogP contribution in [0, 0.1) is 11.8 Å². The van der Waals surface area contributed by atoms with Gasteiger partial charge in [0.15, 0.2) is 0 Å². The minimum Gasteiger partial charge on any atom is -0.479 e. The van der Waals surface area contributed by atoms with Gasteiger partial charge in [0.25, 0.3) is 0 Å². The van der Waals surface area contributed by atoms with Crippen molar-refractivity contribution in [3.8, 4) is 11.1 Å². The van der Waals surface area contributed by atoms with E-state index in [9.17, 15) is 19.5 Å². The zero-order valence-corrected chi connectivity index (χ0v) is 19.6. The van der Waals surface area contributed by atoms with Gasteiger partial charge in [0.1, 0.15) is 12.1 Å². The standard InChI is InChI=1S/C28H30N2O5/c31-25(30-15-17-13-28(30,14-17)26(32)33)18-6-5-7-19(12-18)29-27(34)35-16-24-22-10-3-1-8-20(22)21-9-2-4-11-23(21)24/h1-4,8-11,17-19,24H,5-7,12-16H2,(H,29,34)(H,32,33)/t17?,18-,19+,28?/m1/s1. The monoisotopic (exact) mass is 474 g/mol. The highest BCUT2D eigenvalue weighted by molar-refractivity contribution is 5.90. The van der Waals surface area contributed by atoms with E-state index in [1.165, 1.54) is 22.3 Å². The lowest BCUT2D eigenvalue weighted by Gasteiger charge is -2.40. The van der Waals surface area contributed by atoms with Gasteiger partial charge in [-0.25, -0.2) is 9.59 Å². The first kappa shape index (κ1) is 22.1. The molecular weight excluding hydrogens is 444 g/mol. The van der Waals surface area contributed by atoms with E-state index in [1.54, 1.807) is 4.90 Å². The Morgan fingerprint density at radius 1 is 1.00 bits per heavy atom. The van der Waals surface area contributed by atoms with E-state index in [1.807, 2.05) is 24.3 Å². The van der Waals surface area contributed by atoms with E-state index in [0.717, 1.165) is 19.3 Å². The molecule has 2 aliphatic heterocycles. The number of ether oxygens (including phenoxy) is 1. The number of nitrogens with zero attached hydrogens (tertiary/aromatic N) is 1. The summed E-state index contributed by atoms with van der Waals surface area (Å²) in [5, 5.41) is 12.7. The number of benzene rings is 2. The molecule has 3 aliphatic carbocycles. The topological polar surface area (TPSA) is 95.9 Å². The quantitative estimate of drug-likeness (QED) is 0.679. The molecule has 0 radical (unpaired) electrons. The smallest absolute Gasteiger partial charge is 0.407 e. The Kier molecular flexibility index (Phi) is 5.31. The molecule has 2 amide bonds. The van der Waals surface area contributed by atoms with Crippen molar-refractivity contribution in [3.05, 3.63) is 59.7 Å². The van der Waals surface area contributed by atoms with E-state index in [4.69, 9.17) is 4.74 Å². The zero-order valence-electron chi connectivity index (χ0n) is 19.6. The molecule has 0 aromatic heterocycles. The number of nitrogens with one attached hydrogen (secondary N) is 1. The third-order valence-corrected chi connectivity index (χ3v) is 8.56. The number of carboxylic acid groups (broad SMARTS) is 1. The van der Waals surface area contributed by atoms with Crippen LogP contribution in [0.25, 0.3) is 11.1 Å². The van der Waals surface area contributed by atoms with Crippen LogP contribution in [-0.2, 0) is 14.3 Å². The number of hydrogen-bond donors (Lipinski definition) is 2. The van der Waals surface area contributed by atoms with Gasteiger partial charge in [-0.2, -0.15) is 0 Å². The highest BCUT2D eigenvalue weighted by Crippen LogP contribution is 2.51. The van der Waals surface area contributed by atoms with Gasteiger partial charge < -0.3 is 20.1 Å². The second-order valence-corrected chi connectivity index (χ2v) is 10.6. The first-order valence-electron chi connectivity index (χ1n) is 12.6. The average molecular weight is 475 g/mol. The fourth-order valence-electron chi connectivity index (χ4n) is 6.84. The fraction of sp³-hybridized carbons (Fsp3) is 0.464. The van der Waals surface area contributed by atoms with E-state index in [-0.39, 0.29) is 30.4 Å². The van der Waals surface area contributed by atoms with Gasteiger partial charge in [-0.3, -0.25) is 4.79 Å². The molecule has 7 nitrogen and oxygen atoms in total. The predicted octanol–water partition coefficient (Wildman–Crippen LogP) is 4.16. The Balaban J connectivity index is 1.07. The van der Waals surface area contributed by atoms with Gasteiger partial charge in [-0.15, -0.1) is 0 Å². The zero-order chi connectivity index (χ0) is 24.2. The summed E-state index contributed by atoms with van der Waals surface area (Å²) < 4.78 is 5.69. The van der Waals surface area contributed by atoms with Gasteiger partial charge >= 0.3 is 12.1 Å². The number of fused-ring (bicyclic) bond motifs is 4. The number of alkyl carbamates (subject to hydrolysis) is 1. The van der Waals surface area contributed by atoms with Crippen molar-refractivity contribution >= 4 is 18.0 Å². The van der Waals surface area contributed by atoms with Crippen molar-refractivity contribution in [2.45, 2.75) is 56.0 Å². The molecule has 5 aliphatic rings. The van der Waals surface area contributed by atoms with Gasteiger partial charge in [-0.05, 0) is 60.3 Å². The maximum atomic E-state index is 13.2. The number of carbonyl (C=O) groups excluding carboxylic acids is 2. The SMILES string of the molecule is O=C(N[C@H]1CCC[C@@H](C(=O)N2CC3CC2(C(=O)O)C3)C1)OCC1c2ccccc2-c2ccccc21. The largest absolute Gasteiger partial charge is 0.479 e. The van der Waals surface area contributed by atoms with Crippen LogP contribution in [0.3, 0.4) is 0 Å². The molecule has 4 fully saturated rings. The second-order valence-electron chi connectivity index (χ2n) is 10.6. The average Bonchev–Trinajstić information content (AvgIpc) is 3.51.